The van der Waals surface area contributed by atoms with Gasteiger partial charge in [-0.1, -0.05) is 24.3 Å². The molecule has 1 aromatic heterocycles. The van der Waals surface area contributed by atoms with Crippen LogP contribution < -0.4 is 0 Å². The van der Waals surface area contributed by atoms with Crippen LogP contribution in [0.3, 0.4) is 0 Å². The Kier molecular flexibility index (Phi) is 6.77. The third-order valence-electron chi connectivity index (χ3n) is 6.62. The number of ether oxygens (including phenoxy) is 1. The summed E-state index contributed by atoms with van der Waals surface area (Å²) in [5.41, 5.74) is 3.00. The average Bonchev–Trinajstić information content (AvgIpc) is 3.54. The Bertz CT molecular complexity index is 888. The molecule has 0 N–H and O–H groups in total. The molecule has 2 atom stereocenters. The van der Waals surface area contributed by atoms with Crippen LogP contribution in [0.25, 0.3) is 11.1 Å². The molecular formula is C25H32N2O3S. The van der Waals surface area contributed by atoms with E-state index < -0.39 is 5.41 Å². The lowest BCUT2D eigenvalue weighted by molar-refractivity contribution is -0.139. The average molecular weight is 441 g/mol. The lowest BCUT2D eigenvalue weighted by Gasteiger charge is -2.31. The van der Waals surface area contributed by atoms with Crippen molar-refractivity contribution in [2.75, 3.05) is 33.8 Å². The van der Waals surface area contributed by atoms with Crippen LogP contribution in [0.1, 0.15) is 37.7 Å². The summed E-state index contributed by atoms with van der Waals surface area (Å²) in [5, 5.41) is 4.22. The zero-order valence-electron chi connectivity index (χ0n) is 18.5. The van der Waals surface area contributed by atoms with Gasteiger partial charge in [-0.05, 0) is 65.6 Å². The minimum Gasteiger partial charge on any atom is -0.378 e. The molecule has 0 aliphatic carbocycles. The van der Waals surface area contributed by atoms with Gasteiger partial charge in [0.1, 0.15) is 0 Å². The maximum Gasteiger partial charge on any atom is 0.230 e. The normalized spacial score (nSPS) is 23.3. The van der Waals surface area contributed by atoms with Crippen molar-refractivity contribution in [2.24, 2.45) is 5.41 Å². The van der Waals surface area contributed by atoms with E-state index in [9.17, 15) is 9.59 Å². The van der Waals surface area contributed by atoms with Gasteiger partial charge in [0, 0.05) is 40.2 Å². The van der Waals surface area contributed by atoms with Crippen molar-refractivity contribution in [3.63, 3.8) is 0 Å². The second kappa shape index (κ2) is 9.53. The molecule has 4 rings (SSSR count). The zero-order chi connectivity index (χ0) is 21.8. The predicted octanol–water partition coefficient (Wildman–Crippen LogP) is 4.22. The molecule has 1 aromatic carbocycles. The maximum absolute atomic E-state index is 13.2. The van der Waals surface area contributed by atoms with Gasteiger partial charge in [0.05, 0.1) is 11.5 Å². The summed E-state index contributed by atoms with van der Waals surface area (Å²) in [5.74, 6) is 0.264. The third-order valence-corrected chi connectivity index (χ3v) is 7.30. The van der Waals surface area contributed by atoms with E-state index in [0.717, 1.165) is 31.4 Å². The van der Waals surface area contributed by atoms with Crippen LogP contribution in [0.15, 0.2) is 41.1 Å². The van der Waals surface area contributed by atoms with Crippen LogP contribution >= 0.6 is 11.3 Å². The van der Waals surface area contributed by atoms with E-state index in [1.165, 1.54) is 11.1 Å². The number of carbonyl (C=O) groups is 2. The Labute approximate surface area is 189 Å². The molecule has 0 bridgehead atoms. The Morgan fingerprint density at radius 3 is 2.65 bits per heavy atom. The highest BCUT2D eigenvalue weighted by molar-refractivity contribution is 7.08. The van der Waals surface area contributed by atoms with E-state index in [0.29, 0.717) is 32.4 Å². The number of nitrogens with zero attached hydrogens (tertiary/aromatic N) is 2. The number of thiophene rings is 1. The molecule has 31 heavy (non-hydrogen) atoms. The quantitative estimate of drug-likeness (QED) is 0.648. The zero-order valence-corrected chi connectivity index (χ0v) is 19.3. The molecule has 0 spiro atoms. The van der Waals surface area contributed by atoms with Crippen molar-refractivity contribution < 1.29 is 14.3 Å². The van der Waals surface area contributed by atoms with E-state index in [4.69, 9.17) is 4.74 Å². The van der Waals surface area contributed by atoms with Gasteiger partial charge in [-0.25, -0.2) is 0 Å². The topological polar surface area (TPSA) is 49.9 Å². The molecule has 5 nitrogen and oxygen atoms in total. The van der Waals surface area contributed by atoms with Gasteiger partial charge >= 0.3 is 0 Å². The molecular weight excluding hydrogens is 408 g/mol. The highest BCUT2D eigenvalue weighted by Gasteiger charge is 2.46. The Hall–Kier alpha value is -2.18. The predicted molar refractivity (Wildman–Crippen MR) is 124 cm³/mol. The minimum absolute atomic E-state index is 0.115. The number of amides is 2. The number of carbonyl (C=O) groups excluding carboxylic acids is 2. The van der Waals surface area contributed by atoms with E-state index in [-0.39, 0.29) is 17.9 Å². The summed E-state index contributed by atoms with van der Waals surface area (Å²) >= 11 is 1.69. The van der Waals surface area contributed by atoms with Crippen LogP contribution in [0.5, 0.6) is 0 Å². The first-order chi connectivity index (χ1) is 15.0. The summed E-state index contributed by atoms with van der Waals surface area (Å²) in [6.45, 7) is 1.96. The molecule has 2 aliphatic rings. The van der Waals surface area contributed by atoms with Crippen LogP contribution in [-0.4, -0.2) is 61.5 Å². The van der Waals surface area contributed by atoms with Crippen LogP contribution in [-0.2, 0) is 20.7 Å². The fraction of sp³-hybridized carbons (Fsp3) is 0.520. The van der Waals surface area contributed by atoms with Gasteiger partial charge in [-0.3, -0.25) is 9.59 Å². The van der Waals surface area contributed by atoms with Crippen molar-refractivity contribution in [1.82, 2.24) is 9.80 Å². The molecule has 166 valence electrons. The SMILES string of the molecule is CN(C)C(=O)[C@]1(Cc2ccc(-c3ccsc3)cc2)CCN(C(=O)CC[C@@H]2CCCO2)C1. The number of likely N-dealkylation sites (tertiary alicyclic amines) is 1. The molecule has 0 unspecified atom stereocenters. The summed E-state index contributed by atoms with van der Waals surface area (Å²) in [6.07, 6.45) is 5.03. The van der Waals surface area contributed by atoms with Gasteiger partial charge in [0.25, 0.3) is 0 Å². The lowest BCUT2D eigenvalue weighted by Crippen LogP contribution is -2.44. The Morgan fingerprint density at radius 1 is 1.19 bits per heavy atom. The van der Waals surface area contributed by atoms with E-state index in [2.05, 4.69) is 41.1 Å². The first kappa shape index (κ1) is 22.0. The fourth-order valence-electron chi connectivity index (χ4n) is 4.90. The molecule has 0 saturated carbocycles. The first-order valence-corrected chi connectivity index (χ1v) is 12.1. The highest BCUT2D eigenvalue weighted by Crippen LogP contribution is 2.37. The van der Waals surface area contributed by atoms with Crippen LogP contribution in [0.2, 0.25) is 0 Å². The van der Waals surface area contributed by atoms with Gasteiger partial charge in [-0.2, -0.15) is 11.3 Å². The van der Waals surface area contributed by atoms with Crippen LogP contribution in [0, 0.1) is 5.41 Å². The standard InChI is InChI=1S/C25H32N2O3S/c1-26(2)24(29)25(16-19-5-7-20(8-6-19)21-11-15-31-17-21)12-13-27(18-25)23(28)10-9-22-4-3-14-30-22/h5-8,11,15,17,22H,3-4,9-10,12-14,16,18H2,1-2H3/t22-,25-/m0/s1. The van der Waals surface area contributed by atoms with Gasteiger partial charge in [0.2, 0.25) is 11.8 Å². The highest BCUT2D eigenvalue weighted by atomic mass is 32.1. The fourth-order valence-corrected chi connectivity index (χ4v) is 5.57. The van der Waals surface area contributed by atoms with Gasteiger partial charge in [-0.15, -0.1) is 0 Å². The van der Waals surface area contributed by atoms with Crippen molar-refractivity contribution in [3.05, 3.63) is 46.7 Å². The smallest absolute Gasteiger partial charge is 0.230 e. The van der Waals surface area contributed by atoms with E-state index in [1.807, 2.05) is 19.0 Å². The largest absolute Gasteiger partial charge is 0.378 e. The molecule has 3 heterocycles. The minimum atomic E-state index is -0.549. The van der Waals surface area contributed by atoms with Gasteiger partial charge in [0.15, 0.2) is 0 Å². The number of rotatable bonds is 7. The number of benzene rings is 1. The summed E-state index contributed by atoms with van der Waals surface area (Å²) < 4.78 is 5.66. The molecule has 2 amide bonds. The second-order valence-corrected chi connectivity index (χ2v) is 9.88. The molecule has 2 aliphatic heterocycles. The van der Waals surface area contributed by atoms with Crippen molar-refractivity contribution in [2.45, 2.75) is 44.6 Å². The Balaban J connectivity index is 1.44. The van der Waals surface area contributed by atoms with Crippen LogP contribution in [0.4, 0.5) is 0 Å². The first-order valence-electron chi connectivity index (χ1n) is 11.2. The number of hydrogen-bond acceptors (Lipinski definition) is 4. The maximum atomic E-state index is 13.2. The van der Waals surface area contributed by atoms with Crippen molar-refractivity contribution in [1.29, 1.82) is 0 Å². The molecule has 2 saturated heterocycles. The van der Waals surface area contributed by atoms with Crippen molar-refractivity contribution >= 4 is 23.2 Å². The Morgan fingerprint density at radius 2 is 2.00 bits per heavy atom. The number of hydrogen-bond donors (Lipinski definition) is 0. The second-order valence-electron chi connectivity index (χ2n) is 9.10. The van der Waals surface area contributed by atoms with E-state index >= 15 is 0 Å². The van der Waals surface area contributed by atoms with E-state index in [1.54, 1.807) is 16.2 Å². The summed E-state index contributed by atoms with van der Waals surface area (Å²) in [6, 6.07) is 10.6. The summed E-state index contributed by atoms with van der Waals surface area (Å²) in [4.78, 5) is 29.7. The molecule has 2 aromatic rings. The third kappa shape index (κ3) is 5.01. The van der Waals surface area contributed by atoms with Gasteiger partial charge < -0.3 is 14.5 Å². The van der Waals surface area contributed by atoms with Crippen molar-refractivity contribution in [3.8, 4) is 11.1 Å². The summed E-state index contributed by atoms with van der Waals surface area (Å²) in [7, 11) is 3.62. The monoisotopic (exact) mass is 440 g/mol. The molecule has 0 radical (unpaired) electrons. The molecule has 6 heteroatoms. The lowest BCUT2D eigenvalue weighted by atomic mass is 9.79. The molecule has 2 fully saturated rings.